The van der Waals surface area contributed by atoms with Crippen molar-refractivity contribution in [2.45, 2.75) is 64.7 Å². The van der Waals surface area contributed by atoms with Gasteiger partial charge in [0, 0.05) is 6.42 Å². The first-order chi connectivity index (χ1) is 8.29. The van der Waals surface area contributed by atoms with Crippen molar-refractivity contribution < 1.29 is 9.53 Å². The van der Waals surface area contributed by atoms with Crippen molar-refractivity contribution in [1.82, 2.24) is 0 Å². The summed E-state index contributed by atoms with van der Waals surface area (Å²) in [4.78, 5) is 11.4. The van der Waals surface area contributed by atoms with Crippen molar-refractivity contribution in [3.05, 3.63) is 12.2 Å². The molecule has 0 amide bonds. The Morgan fingerprint density at radius 2 is 1.82 bits per heavy atom. The van der Waals surface area contributed by atoms with Crippen LogP contribution in [0.3, 0.4) is 0 Å². The van der Waals surface area contributed by atoms with Gasteiger partial charge in [-0.1, -0.05) is 25.5 Å². The molecule has 2 nitrogen and oxygen atoms in total. The summed E-state index contributed by atoms with van der Waals surface area (Å²) in [6.07, 6.45) is 14.4. The molecule has 0 aliphatic carbocycles. The van der Waals surface area contributed by atoms with Gasteiger partial charge in [0.05, 0.1) is 6.61 Å². The second-order valence-corrected chi connectivity index (χ2v) is 5.12. The number of esters is 1. The summed E-state index contributed by atoms with van der Waals surface area (Å²) < 4.78 is 5.21. The van der Waals surface area contributed by atoms with E-state index in [1.807, 2.05) is 0 Å². The molecular formula is C15H26O2. The molecule has 1 aliphatic rings. The maximum absolute atomic E-state index is 11.4. The summed E-state index contributed by atoms with van der Waals surface area (Å²) in [7, 11) is 0. The second kappa shape index (κ2) is 9.26. The van der Waals surface area contributed by atoms with Gasteiger partial charge in [-0.25, -0.2) is 0 Å². The number of cyclic esters (lactones) is 1. The minimum Gasteiger partial charge on any atom is -0.466 e. The van der Waals surface area contributed by atoms with Crippen molar-refractivity contribution in [1.29, 1.82) is 0 Å². The van der Waals surface area contributed by atoms with E-state index in [0.29, 0.717) is 18.9 Å². The van der Waals surface area contributed by atoms with Gasteiger partial charge in [-0.3, -0.25) is 4.79 Å². The van der Waals surface area contributed by atoms with E-state index in [-0.39, 0.29) is 5.97 Å². The SMILES string of the molecule is CC1CCC/C=C/CCCCCOC(=O)CC1. The molecule has 2 heteroatoms. The highest BCUT2D eigenvalue weighted by Gasteiger charge is 2.07. The number of hydrogen-bond acceptors (Lipinski definition) is 2. The largest absolute Gasteiger partial charge is 0.466 e. The van der Waals surface area contributed by atoms with Crippen molar-refractivity contribution in [3.63, 3.8) is 0 Å². The third-order valence-corrected chi connectivity index (χ3v) is 3.35. The molecule has 0 aromatic heterocycles. The Bertz CT molecular complexity index is 233. The van der Waals surface area contributed by atoms with Gasteiger partial charge < -0.3 is 4.74 Å². The lowest BCUT2D eigenvalue weighted by Crippen LogP contribution is -2.08. The third-order valence-electron chi connectivity index (χ3n) is 3.35. The lowest BCUT2D eigenvalue weighted by atomic mass is 9.99. The monoisotopic (exact) mass is 238 g/mol. The maximum Gasteiger partial charge on any atom is 0.305 e. The Balaban J connectivity index is 2.29. The van der Waals surface area contributed by atoms with Crippen LogP contribution >= 0.6 is 0 Å². The fraction of sp³-hybridized carbons (Fsp3) is 0.800. The van der Waals surface area contributed by atoms with Gasteiger partial charge in [0.15, 0.2) is 0 Å². The minimum atomic E-state index is -0.00940. The molecule has 1 heterocycles. The Hall–Kier alpha value is -0.790. The van der Waals surface area contributed by atoms with E-state index in [0.717, 1.165) is 19.3 Å². The van der Waals surface area contributed by atoms with Gasteiger partial charge in [-0.05, 0) is 50.9 Å². The van der Waals surface area contributed by atoms with Gasteiger partial charge in [0.1, 0.15) is 0 Å². The zero-order chi connectivity index (χ0) is 12.3. The van der Waals surface area contributed by atoms with Gasteiger partial charge in [0.25, 0.3) is 0 Å². The molecule has 17 heavy (non-hydrogen) atoms. The first-order valence-corrected chi connectivity index (χ1v) is 7.09. The summed E-state index contributed by atoms with van der Waals surface area (Å²) in [5, 5.41) is 0. The van der Waals surface area contributed by atoms with Crippen molar-refractivity contribution in [2.75, 3.05) is 6.61 Å². The molecule has 0 spiro atoms. The Labute approximate surface area is 105 Å². The van der Waals surface area contributed by atoms with Crippen LogP contribution in [0.4, 0.5) is 0 Å². The molecule has 1 unspecified atom stereocenters. The molecular weight excluding hydrogens is 212 g/mol. The maximum atomic E-state index is 11.4. The second-order valence-electron chi connectivity index (χ2n) is 5.12. The molecule has 0 fully saturated rings. The van der Waals surface area contributed by atoms with E-state index in [4.69, 9.17) is 4.74 Å². The Kier molecular flexibility index (Phi) is 7.78. The standard InChI is InChI=1S/C15H26O2/c1-14-10-8-6-4-2-3-5-7-9-13-17-15(16)12-11-14/h2,4,14H,3,5-13H2,1H3/b4-2+. The van der Waals surface area contributed by atoms with E-state index in [9.17, 15) is 4.79 Å². The van der Waals surface area contributed by atoms with Gasteiger partial charge in [0.2, 0.25) is 0 Å². The summed E-state index contributed by atoms with van der Waals surface area (Å²) in [5.74, 6) is 0.630. The number of allylic oxidation sites excluding steroid dienone is 2. The van der Waals surface area contributed by atoms with Crippen LogP contribution in [0.2, 0.25) is 0 Å². The average Bonchev–Trinajstić information content (AvgIpc) is 2.33. The topological polar surface area (TPSA) is 26.3 Å². The summed E-state index contributed by atoms with van der Waals surface area (Å²) in [6, 6.07) is 0. The van der Waals surface area contributed by atoms with Crippen molar-refractivity contribution >= 4 is 5.97 Å². The summed E-state index contributed by atoms with van der Waals surface area (Å²) in [6.45, 7) is 2.84. The number of hydrogen-bond donors (Lipinski definition) is 0. The van der Waals surface area contributed by atoms with E-state index < -0.39 is 0 Å². The molecule has 0 saturated heterocycles. The van der Waals surface area contributed by atoms with Gasteiger partial charge >= 0.3 is 5.97 Å². The van der Waals surface area contributed by atoms with Crippen molar-refractivity contribution in [2.24, 2.45) is 5.92 Å². The van der Waals surface area contributed by atoms with Crippen LogP contribution < -0.4 is 0 Å². The normalized spacial score (nSPS) is 27.6. The summed E-state index contributed by atoms with van der Waals surface area (Å²) >= 11 is 0. The molecule has 1 aliphatic heterocycles. The molecule has 0 aromatic rings. The predicted octanol–water partition coefficient (Wildman–Crippen LogP) is 4.25. The molecule has 1 rings (SSSR count). The van der Waals surface area contributed by atoms with Crippen LogP contribution in [0.5, 0.6) is 0 Å². The Morgan fingerprint density at radius 1 is 1.06 bits per heavy atom. The lowest BCUT2D eigenvalue weighted by Gasteiger charge is -2.10. The highest BCUT2D eigenvalue weighted by molar-refractivity contribution is 5.69. The fourth-order valence-electron chi connectivity index (χ4n) is 2.13. The highest BCUT2D eigenvalue weighted by Crippen LogP contribution is 2.15. The van der Waals surface area contributed by atoms with Crippen LogP contribution in [-0.2, 0) is 9.53 Å². The molecule has 0 radical (unpaired) electrons. The van der Waals surface area contributed by atoms with E-state index in [1.54, 1.807) is 0 Å². The molecule has 0 bridgehead atoms. The first kappa shape index (κ1) is 14.3. The van der Waals surface area contributed by atoms with Crippen LogP contribution in [0, 0.1) is 5.92 Å². The molecule has 98 valence electrons. The van der Waals surface area contributed by atoms with E-state index in [1.165, 1.54) is 32.1 Å². The number of carbonyl (C=O) groups excluding carboxylic acids is 1. The number of carbonyl (C=O) groups is 1. The predicted molar refractivity (Wildman–Crippen MR) is 70.8 cm³/mol. The average molecular weight is 238 g/mol. The zero-order valence-electron chi connectivity index (χ0n) is 11.1. The van der Waals surface area contributed by atoms with Crippen molar-refractivity contribution in [3.8, 4) is 0 Å². The highest BCUT2D eigenvalue weighted by atomic mass is 16.5. The van der Waals surface area contributed by atoms with E-state index >= 15 is 0 Å². The van der Waals surface area contributed by atoms with E-state index in [2.05, 4.69) is 19.1 Å². The summed E-state index contributed by atoms with van der Waals surface area (Å²) in [5.41, 5.74) is 0. The van der Waals surface area contributed by atoms with Crippen LogP contribution in [0.25, 0.3) is 0 Å². The number of rotatable bonds is 0. The molecule has 0 aromatic carbocycles. The third kappa shape index (κ3) is 8.00. The zero-order valence-corrected chi connectivity index (χ0v) is 11.1. The van der Waals surface area contributed by atoms with Gasteiger partial charge in [-0.2, -0.15) is 0 Å². The molecule has 1 atom stereocenters. The van der Waals surface area contributed by atoms with Crippen LogP contribution in [0.15, 0.2) is 12.2 Å². The number of ether oxygens (including phenoxy) is 1. The molecule has 0 N–H and O–H groups in total. The van der Waals surface area contributed by atoms with Crippen LogP contribution in [0.1, 0.15) is 64.7 Å². The quantitative estimate of drug-likeness (QED) is 0.466. The first-order valence-electron chi connectivity index (χ1n) is 7.09. The smallest absolute Gasteiger partial charge is 0.305 e. The Morgan fingerprint density at radius 3 is 2.65 bits per heavy atom. The lowest BCUT2D eigenvalue weighted by molar-refractivity contribution is -0.144. The minimum absolute atomic E-state index is 0.00940. The van der Waals surface area contributed by atoms with Crippen LogP contribution in [-0.4, -0.2) is 12.6 Å². The fourth-order valence-corrected chi connectivity index (χ4v) is 2.13. The van der Waals surface area contributed by atoms with Gasteiger partial charge in [-0.15, -0.1) is 0 Å². The molecule has 0 saturated carbocycles.